The van der Waals surface area contributed by atoms with E-state index in [-0.39, 0.29) is 12.5 Å². The number of nitrogens with zero attached hydrogens (tertiary/aromatic N) is 2. The molecule has 20 heavy (non-hydrogen) atoms. The molecular formula is C15H27N3O2. The van der Waals surface area contributed by atoms with E-state index in [1.165, 1.54) is 6.42 Å². The second-order valence-electron chi connectivity index (χ2n) is 5.83. The normalized spacial score (nSPS) is 27.9. The third-order valence-corrected chi connectivity index (χ3v) is 4.44. The third kappa shape index (κ3) is 4.04. The van der Waals surface area contributed by atoms with Crippen LogP contribution in [-0.4, -0.2) is 72.2 Å². The third-order valence-electron chi connectivity index (χ3n) is 4.44. The van der Waals surface area contributed by atoms with Crippen molar-refractivity contribution in [2.75, 3.05) is 39.3 Å². The highest BCUT2D eigenvalue weighted by Crippen LogP contribution is 2.22. The molecule has 2 N–H and O–H groups in total. The fourth-order valence-corrected chi connectivity index (χ4v) is 3.35. The van der Waals surface area contributed by atoms with Gasteiger partial charge < -0.3 is 10.4 Å². The van der Waals surface area contributed by atoms with Gasteiger partial charge >= 0.3 is 0 Å². The van der Waals surface area contributed by atoms with Crippen LogP contribution in [0, 0.1) is 0 Å². The molecule has 0 radical (unpaired) electrons. The standard InChI is InChI=1S/C15H27N3O2/c1-2-7-16-15(20)11-18-9-3-5-13(18)10-17-8-4-6-14(17)12-19/h2,13-14,19H,1,3-12H2,(H,16,20). The van der Waals surface area contributed by atoms with Gasteiger partial charge in [0.1, 0.15) is 0 Å². The number of carbonyl (C=O) groups excluding carboxylic acids is 1. The van der Waals surface area contributed by atoms with Crippen LogP contribution in [0.2, 0.25) is 0 Å². The van der Waals surface area contributed by atoms with Gasteiger partial charge in [-0.25, -0.2) is 0 Å². The second-order valence-corrected chi connectivity index (χ2v) is 5.83. The minimum absolute atomic E-state index is 0.0805. The van der Waals surface area contributed by atoms with Crippen molar-refractivity contribution in [3.8, 4) is 0 Å². The van der Waals surface area contributed by atoms with E-state index in [0.29, 0.717) is 25.2 Å². The Morgan fingerprint density at radius 3 is 2.65 bits per heavy atom. The quantitative estimate of drug-likeness (QED) is 0.655. The molecule has 2 aliphatic rings. The van der Waals surface area contributed by atoms with Crippen molar-refractivity contribution in [1.29, 1.82) is 0 Å². The molecule has 0 aliphatic carbocycles. The average molecular weight is 281 g/mol. The summed E-state index contributed by atoms with van der Waals surface area (Å²) in [5, 5.41) is 12.2. The minimum Gasteiger partial charge on any atom is -0.395 e. The van der Waals surface area contributed by atoms with E-state index in [9.17, 15) is 9.90 Å². The zero-order valence-electron chi connectivity index (χ0n) is 12.3. The highest BCUT2D eigenvalue weighted by molar-refractivity contribution is 5.78. The monoisotopic (exact) mass is 281 g/mol. The summed E-state index contributed by atoms with van der Waals surface area (Å²) in [5.41, 5.74) is 0. The number of aliphatic hydroxyl groups excluding tert-OH is 1. The number of aliphatic hydroxyl groups is 1. The average Bonchev–Trinajstić information content (AvgIpc) is 3.07. The Morgan fingerprint density at radius 2 is 1.95 bits per heavy atom. The first-order valence-electron chi connectivity index (χ1n) is 7.71. The first kappa shape index (κ1) is 15.5. The van der Waals surface area contributed by atoms with Crippen LogP contribution >= 0.6 is 0 Å². The van der Waals surface area contributed by atoms with E-state index < -0.39 is 0 Å². The second kappa shape index (κ2) is 7.76. The molecule has 0 aromatic carbocycles. The van der Waals surface area contributed by atoms with Crippen LogP contribution in [0.4, 0.5) is 0 Å². The van der Waals surface area contributed by atoms with E-state index in [0.717, 1.165) is 38.9 Å². The number of hydrogen-bond donors (Lipinski definition) is 2. The summed E-state index contributed by atoms with van der Waals surface area (Å²) in [4.78, 5) is 16.5. The van der Waals surface area contributed by atoms with Gasteiger partial charge in [-0.1, -0.05) is 6.08 Å². The Bertz CT molecular complexity index is 335. The van der Waals surface area contributed by atoms with Crippen LogP contribution in [0.3, 0.4) is 0 Å². The summed E-state index contributed by atoms with van der Waals surface area (Å²) in [6.45, 7) is 7.95. The molecule has 5 heteroatoms. The number of amides is 1. The van der Waals surface area contributed by atoms with Crippen molar-refractivity contribution in [3.63, 3.8) is 0 Å². The van der Waals surface area contributed by atoms with Gasteiger partial charge in [0, 0.05) is 25.2 Å². The van der Waals surface area contributed by atoms with Crippen LogP contribution < -0.4 is 5.32 Å². The van der Waals surface area contributed by atoms with Crippen molar-refractivity contribution in [2.24, 2.45) is 0 Å². The van der Waals surface area contributed by atoms with E-state index in [4.69, 9.17) is 0 Å². The molecule has 2 aliphatic heterocycles. The molecule has 114 valence electrons. The Morgan fingerprint density at radius 1 is 1.25 bits per heavy atom. The number of carbonyl (C=O) groups is 1. The largest absolute Gasteiger partial charge is 0.395 e. The SMILES string of the molecule is C=CCNC(=O)CN1CCCC1CN1CCCC1CO. The Hall–Kier alpha value is -0.910. The maximum atomic E-state index is 11.8. The first-order valence-corrected chi connectivity index (χ1v) is 7.71. The molecule has 5 nitrogen and oxygen atoms in total. The Balaban J connectivity index is 1.81. The van der Waals surface area contributed by atoms with Crippen LogP contribution in [-0.2, 0) is 4.79 Å². The predicted octanol–water partition coefficient (Wildman–Crippen LogP) is 0.210. The summed E-state index contributed by atoms with van der Waals surface area (Å²) in [6.07, 6.45) is 6.30. The first-order chi connectivity index (χ1) is 9.74. The van der Waals surface area contributed by atoms with Crippen molar-refractivity contribution >= 4 is 5.91 Å². The van der Waals surface area contributed by atoms with Crippen molar-refractivity contribution in [1.82, 2.24) is 15.1 Å². The minimum atomic E-state index is 0.0805. The highest BCUT2D eigenvalue weighted by Gasteiger charge is 2.31. The van der Waals surface area contributed by atoms with Gasteiger partial charge in [0.15, 0.2) is 0 Å². The smallest absolute Gasteiger partial charge is 0.234 e. The lowest BCUT2D eigenvalue weighted by atomic mass is 10.2. The van der Waals surface area contributed by atoms with Gasteiger partial charge in [0.25, 0.3) is 0 Å². The molecular weight excluding hydrogens is 254 g/mol. The topological polar surface area (TPSA) is 55.8 Å². The molecule has 0 aromatic heterocycles. The highest BCUT2D eigenvalue weighted by atomic mass is 16.3. The fraction of sp³-hybridized carbons (Fsp3) is 0.800. The van der Waals surface area contributed by atoms with Crippen LogP contribution in [0.15, 0.2) is 12.7 Å². The molecule has 2 fully saturated rings. The van der Waals surface area contributed by atoms with Crippen molar-refractivity contribution < 1.29 is 9.90 Å². The number of likely N-dealkylation sites (tertiary alicyclic amines) is 2. The van der Waals surface area contributed by atoms with Gasteiger partial charge in [-0.05, 0) is 38.8 Å². The Labute approximate surface area is 121 Å². The summed E-state index contributed by atoms with van der Waals surface area (Å²) in [7, 11) is 0. The maximum Gasteiger partial charge on any atom is 0.234 e. The summed E-state index contributed by atoms with van der Waals surface area (Å²) in [6, 6.07) is 0.781. The fourth-order valence-electron chi connectivity index (χ4n) is 3.35. The number of rotatable bonds is 7. The molecule has 2 saturated heterocycles. The lowest BCUT2D eigenvalue weighted by Crippen LogP contribution is -2.46. The lowest BCUT2D eigenvalue weighted by molar-refractivity contribution is -0.122. The zero-order valence-corrected chi connectivity index (χ0v) is 12.3. The van der Waals surface area contributed by atoms with Gasteiger partial charge in [0.2, 0.25) is 5.91 Å². The number of nitrogens with one attached hydrogen (secondary N) is 1. The molecule has 0 aromatic rings. The van der Waals surface area contributed by atoms with E-state index in [1.807, 2.05) is 0 Å². The zero-order chi connectivity index (χ0) is 14.4. The van der Waals surface area contributed by atoms with E-state index >= 15 is 0 Å². The van der Waals surface area contributed by atoms with Crippen molar-refractivity contribution in [2.45, 2.75) is 37.8 Å². The van der Waals surface area contributed by atoms with Gasteiger partial charge in [-0.15, -0.1) is 6.58 Å². The molecule has 1 amide bonds. The number of hydrogen-bond acceptors (Lipinski definition) is 4. The van der Waals surface area contributed by atoms with Crippen molar-refractivity contribution in [3.05, 3.63) is 12.7 Å². The summed E-state index contributed by atoms with van der Waals surface area (Å²) in [5.74, 6) is 0.0805. The Kier molecular flexibility index (Phi) is 6.01. The van der Waals surface area contributed by atoms with Crippen LogP contribution in [0.5, 0.6) is 0 Å². The van der Waals surface area contributed by atoms with Gasteiger partial charge in [0.05, 0.1) is 13.2 Å². The van der Waals surface area contributed by atoms with E-state index in [2.05, 4.69) is 21.7 Å². The van der Waals surface area contributed by atoms with Crippen LogP contribution in [0.1, 0.15) is 25.7 Å². The molecule has 2 atom stereocenters. The molecule has 0 saturated carbocycles. The maximum absolute atomic E-state index is 11.8. The molecule has 0 spiro atoms. The molecule has 0 bridgehead atoms. The molecule has 2 rings (SSSR count). The van der Waals surface area contributed by atoms with Crippen LogP contribution in [0.25, 0.3) is 0 Å². The van der Waals surface area contributed by atoms with Gasteiger partial charge in [-0.3, -0.25) is 14.6 Å². The summed E-state index contributed by atoms with van der Waals surface area (Å²) < 4.78 is 0. The lowest BCUT2D eigenvalue weighted by Gasteiger charge is -2.30. The molecule has 2 unspecified atom stereocenters. The van der Waals surface area contributed by atoms with Gasteiger partial charge in [-0.2, -0.15) is 0 Å². The predicted molar refractivity (Wildman–Crippen MR) is 79.5 cm³/mol. The summed E-state index contributed by atoms with van der Waals surface area (Å²) >= 11 is 0. The van der Waals surface area contributed by atoms with E-state index in [1.54, 1.807) is 6.08 Å². The molecule has 2 heterocycles.